The second-order valence-electron chi connectivity index (χ2n) is 8.48. The summed E-state index contributed by atoms with van der Waals surface area (Å²) in [6, 6.07) is 5.44. The zero-order valence-corrected chi connectivity index (χ0v) is 17.8. The second-order valence-corrected chi connectivity index (χ2v) is 8.48. The first-order valence-corrected chi connectivity index (χ1v) is 10.4. The first-order chi connectivity index (χ1) is 13.7. The molecular formula is C22H32FN5O. The Morgan fingerprint density at radius 2 is 1.97 bits per heavy atom. The molecule has 1 aliphatic rings. The molecule has 7 heteroatoms. The third-order valence-corrected chi connectivity index (χ3v) is 5.29. The molecule has 1 aromatic carbocycles. The van der Waals surface area contributed by atoms with Gasteiger partial charge in [0, 0.05) is 30.6 Å². The van der Waals surface area contributed by atoms with Crippen LogP contribution in [-0.2, 0) is 0 Å². The summed E-state index contributed by atoms with van der Waals surface area (Å²) >= 11 is 0. The number of carbonyl (C=O) groups excluding carboxylic acids is 1. The molecule has 1 amide bonds. The molecule has 1 aliphatic heterocycles. The molecule has 1 unspecified atom stereocenters. The van der Waals surface area contributed by atoms with Gasteiger partial charge < -0.3 is 21.3 Å². The number of nitrogens with two attached hydrogens (primary N) is 1. The lowest BCUT2D eigenvalue weighted by Gasteiger charge is -2.34. The zero-order chi connectivity index (χ0) is 21.1. The van der Waals surface area contributed by atoms with Crippen LogP contribution in [0.4, 0.5) is 10.2 Å². The van der Waals surface area contributed by atoms with Crippen LogP contribution in [0.1, 0.15) is 49.5 Å². The van der Waals surface area contributed by atoms with E-state index in [0.29, 0.717) is 34.4 Å². The van der Waals surface area contributed by atoms with E-state index in [4.69, 9.17) is 10.7 Å². The molecule has 0 spiro atoms. The summed E-state index contributed by atoms with van der Waals surface area (Å²) in [5.41, 5.74) is 7.34. The molecule has 158 valence electrons. The van der Waals surface area contributed by atoms with E-state index in [1.807, 2.05) is 0 Å². The minimum absolute atomic E-state index is 0.258. The molecule has 3 rings (SSSR count). The largest absolute Gasteiger partial charge is 0.356 e. The van der Waals surface area contributed by atoms with Gasteiger partial charge in [0.15, 0.2) is 0 Å². The molecule has 0 bridgehead atoms. The number of benzene rings is 1. The summed E-state index contributed by atoms with van der Waals surface area (Å²) in [7, 11) is 0. The van der Waals surface area contributed by atoms with E-state index in [0.717, 1.165) is 37.9 Å². The number of piperidine rings is 1. The monoisotopic (exact) mass is 401 g/mol. The number of halogens is 1. The van der Waals surface area contributed by atoms with Crippen LogP contribution in [0.3, 0.4) is 0 Å². The normalized spacial score (nSPS) is 16.4. The molecule has 2 aromatic rings. The Bertz CT molecular complexity index is 875. The first-order valence-electron chi connectivity index (χ1n) is 10.4. The highest BCUT2D eigenvalue weighted by atomic mass is 19.1. The summed E-state index contributed by atoms with van der Waals surface area (Å²) in [5, 5.41) is 7.11. The number of carbonyl (C=O) groups is 1. The quantitative estimate of drug-likeness (QED) is 0.648. The number of rotatable bonds is 6. The van der Waals surface area contributed by atoms with Crippen LogP contribution in [0.2, 0.25) is 0 Å². The number of fused-ring (bicyclic) bond motifs is 1. The molecule has 6 nitrogen and oxygen atoms in total. The van der Waals surface area contributed by atoms with Crippen molar-refractivity contribution in [1.29, 1.82) is 0 Å². The van der Waals surface area contributed by atoms with Gasteiger partial charge in [-0.3, -0.25) is 4.79 Å². The summed E-state index contributed by atoms with van der Waals surface area (Å²) in [5.74, 6) is 0.662. The van der Waals surface area contributed by atoms with Gasteiger partial charge in [-0.1, -0.05) is 13.8 Å². The van der Waals surface area contributed by atoms with Crippen molar-refractivity contribution in [3.05, 3.63) is 35.1 Å². The number of nitrogens with one attached hydrogen (secondary N) is 2. The van der Waals surface area contributed by atoms with Crippen molar-refractivity contribution in [2.75, 3.05) is 24.5 Å². The summed E-state index contributed by atoms with van der Waals surface area (Å²) in [6.45, 7) is 10.4. The molecule has 29 heavy (non-hydrogen) atoms. The van der Waals surface area contributed by atoms with Crippen LogP contribution < -0.4 is 21.3 Å². The molecule has 1 atom stereocenters. The van der Waals surface area contributed by atoms with Crippen molar-refractivity contribution in [2.45, 2.75) is 52.7 Å². The Morgan fingerprint density at radius 1 is 1.28 bits per heavy atom. The van der Waals surface area contributed by atoms with Gasteiger partial charge in [0.1, 0.15) is 11.6 Å². The number of pyridine rings is 1. The Hall–Kier alpha value is -2.25. The van der Waals surface area contributed by atoms with Crippen LogP contribution in [0, 0.1) is 18.7 Å². The Kier molecular flexibility index (Phi) is 6.70. The van der Waals surface area contributed by atoms with Crippen LogP contribution in [0.15, 0.2) is 18.2 Å². The third-order valence-electron chi connectivity index (χ3n) is 5.29. The third kappa shape index (κ3) is 5.22. The fraction of sp³-hybridized carbons (Fsp3) is 0.545. The molecule has 0 radical (unpaired) electrons. The van der Waals surface area contributed by atoms with Crippen LogP contribution in [0.25, 0.3) is 10.9 Å². The highest BCUT2D eigenvalue weighted by molar-refractivity contribution is 6.02. The molecule has 0 aliphatic carbocycles. The average molecular weight is 402 g/mol. The zero-order valence-electron chi connectivity index (χ0n) is 17.8. The van der Waals surface area contributed by atoms with Crippen molar-refractivity contribution in [2.24, 2.45) is 11.7 Å². The summed E-state index contributed by atoms with van der Waals surface area (Å²) in [6.07, 6.45) is 1.48. The Labute approximate surface area is 172 Å². The summed E-state index contributed by atoms with van der Waals surface area (Å²) in [4.78, 5) is 19.6. The summed E-state index contributed by atoms with van der Waals surface area (Å²) < 4.78 is 14.1. The minimum atomic E-state index is -0.466. The van der Waals surface area contributed by atoms with Crippen molar-refractivity contribution in [1.82, 2.24) is 15.6 Å². The highest BCUT2D eigenvalue weighted by Gasteiger charge is 2.25. The van der Waals surface area contributed by atoms with Gasteiger partial charge in [-0.25, -0.2) is 9.37 Å². The smallest absolute Gasteiger partial charge is 0.256 e. The van der Waals surface area contributed by atoms with Crippen LogP contribution in [-0.4, -0.2) is 42.7 Å². The molecule has 4 N–H and O–H groups in total. The lowest BCUT2D eigenvalue weighted by molar-refractivity contribution is 0.0941. The lowest BCUT2D eigenvalue weighted by atomic mass is 10.0. The van der Waals surface area contributed by atoms with E-state index in [1.165, 1.54) is 6.07 Å². The molecular weight excluding hydrogens is 369 g/mol. The predicted molar refractivity (Wildman–Crippen MR) is 116 cm³/mol. The van der Waals surface area contributed by atoms with Crippen molar-refractivity contribution in [3.8, 4) is 0 Å². The van der Waals surface area contributed by atoms with E-state index in [2.05, 4.69) is 29.4 Å². The standard InChI is InChI=1S/C22H32FN5O/c1-13(2)12-25-17-5-7-28(8-6-17)21-18(22(29)26-15(4)24)10-16-9-14(3)19(23)11-20(16)27-21/h9-11,13,15,17,25H,5-8,12,24H2,1-4H3,(H,26,29). The predicted octanol–water partition coefficient (Wildman–Crippen LogP) is 2.93. The maximum absolute atomic E-state index is 14.1. The van der Waals surface area contributed by atoms with Gasteiger partial charge in [0.05, 0.1) is 17.2 Å². The topological polar surface area (TPSA) is 83.3 Å². The van der Waals surface area contributed by atoms with E-state index in [9.17, 15) is 9.18 Å². The Morgan fingerprint density at radius 3 is 2.59 bits per heavy atom. The second kappa shape index (κ2) is 9.05. The van der Waals surface area contributed by atoms with Gasteiger partial charge >= 0.3 is 0 Å². The van der Waals surface area contributed by atoms with E-state index >= 15 is 0 Å². The molecule has 1 fully saturated rings. The first kappa shape index (κ1) is 21.5. The molecule has 1 aromatic heterocycles. The van der Waals surface area contributed by atoms with Gasteiger partial charge in [-0.05, 0) is 56.8 Å². The maximum atomic E-state index is 14.1. The fourth-order valence-corrected chi connectivity index (χ4v) is 3.69. The lowest BCUT2D eigenvalue weighted by Crippen LogP contribution is -2.45. The maximum Gasteiger partial charge on any atom is 0.256 e. The number of amides is 1. The SMILES string of the molecule is Cc1cc2cc(C(=O)NC(C)N)c(N3CCC(NCC(C)C)CC3)nc2cc1F. The van der Waals surface area contributed by atoms with Crippen molar-refractivity contribution in [3.63, 3.8) is 0 Å². The Balaban J connectivity index is 1.90. The van der Waals surface area contributed by atoms with Gasteiger partial charge in [-0.2, -0.15) is 0 Å². The number of hydrogen-bond acceptors (Lipinski definition) is 5. The van der Waals surface area contributed by atoms with Crippen LogP contribution >= 0.6 is 0 Å². The fourth-order valence-electron chi connectivity index (χ4n) is 3.69. The van der Waals surface area contributed by atoms with Crippen molar-refractivity contribution >= 4 is 22.6 Å². The molecule has 2 heterocycles. The highest BCUT2D eigenvalue weighted by Crippen LogP contribution is 2.28. The molecule has 1 saturated heterocycles. The average Bonchev–Trinajstić information content (AvgIpc) is 2.66. The van der Waals surface area contributed by atoms with Gasteiger partial charge in [0.25, 0.3) is 5.91 Å². The number of aromatic nitrogens is 1. The van der Waals surface area contributed by atoms with Crippen molar-refractivity contribution < 1.29 is 9.18 Å². The minimum Gasteiger partial charge on any atom is -0.356 e. The van der Waals surface area contributed by atoms with Crippen LogP contribution in [0.5, 0.6) is 0 Å². The number of hydrogen-bond donors (Lipinski definition) is 3. The van der Waals surface area contributed by atoms with E-state index in [1.54, 1.807) is 26.0 Å². The number of nitrogens with zero attached hydrogens (tertiary/aromatic N) is 2. The van der Waals surface area contributed by atoms with Gasteiger partial charge in [0.2, 0.25) is 0 Å². The van der Waals surface area contributed by atoms with Gasteiger partial charge in [-0.15, -0.1) is 0 Å². The van der Waals surface area contributed by atoms with E-state index < -0.39 is 6.17 Å². The molecule has 0 saturated carbocycles. The number of anilines is 1. The number of aryl methyl sites for hydroxylation is 1. The van der Waals surface area contributed by atoms with E-state index in [-0.39, 0.29) is 11.7 Å².